The molecule has 0 spiro atoms. The Kier molecular flexibility index (Phi) is 3.05. The molecule has 12 heavy (non-hydrogen) atoms. The van der Waals surface area contributed by atoms with Crippen LogP contribution in [0, 0.1) is 0 Å². The molecule has 0 aliphatic rings. The van der Waals surface area contributed by atoms with E-state index in [1.54, 1.807) is 12.1 Å². The number of thiol groups is 1. The molecule has 0 unspecified atom stereocenters. The Labute approximate surface area is 79.7 Å². The molecular formula is C6H6O3S3. The van der Waals surface area contributed by atoms with E-state index in [2.05, 4.69) is 11.7 Å². The molecular weight excluding hydrogens is 216 g/mol. The van der Waals surface area contributed by atoms with Crippen molar-refractivity contribution < 1.29 is 13.0 Å². The van der Waals surface area contributed by atoms with E-state index in [1.807, 2.05) is 0 Å². The molecule has 0 aliphatic heterocycles. The van der Waals surface area contributed by atoms with Gasteiger partial charge < -0.3 is 0 Å². The van der Waals surface area contributed by atoms with Gasteiger partial charge in [-0.15, -0.1) is 11.7 Å². The van der Waals surface area contributed by atoms with Crippen molar-refractivity contribution in [3.05, 3.63) is 24.3 Å². The molecule has 0 aromatic heterocycles. The minimum Gasteiger partial charge on any atom is -0.282 e. The summed E-state index contributed by atoms with van der Waals surface area (Å²) < 4.78 is 30.2. The van der Waals surface area contributed by atoms with E-state index in [-0.39, 0.29) is 4.90 Å². The third-order valence-electron chi connectivity index (χ3n) is 1.23. The molecule has 1 aromatic rings. The second-order valence-corrected chi connectivity index (χ2v) is 4.57. The molecule has 0 aliphatic carbocycles. The van der Waals surface area contributed by atoms with Crippen molar-refractivity contribution >= 4 is 32.6 Å². The average molecular weight is 222 g/mol. The van der Waals surface area contributed by atoms with Crippen molar-refractivity contribution in [2.75, 3.05) is 0 Å². The molecule has 1 rings (SSSR count). The summed E-state index contributed by atoms with van der Waals surface area (Å²) in [6, 6.07) is 6.11. The largest absolute Gasteiger partial charge is 0.295 e. The average Bonchev–Trinajstić information content (AvgIpc) is 2.03. The highest BCUT2D eigenvalue weighted by Crippen LogP contribution is 2.28. The van der Waals surface area contributed by atoms with E-state index in [0.29, 0.717) is 4.90 Å². The van der Waals surface area contributed by atoms with Crippen LogP contribution in [0.3, 0.4) is 0 Å². The summed E-state index contributed by atoms with van der Waals surface area (Å²) in [4.78, 5) is 0.313. The summed E-state index contributed by atoms with van der Waals surface area (Å²) >= 11 is 3.85. The van der Waals surface area contributed by atoms with E-state index < -0.39 is 10.1 Å². The maximum Gasteiger partial charge on any atom is 0.295 e. The van der Waals surface area contributed by atoms with E-state index in [1.165, 1.54) is 12.1 Å². The third kappa shape index (κ3) is 2.16. The van der Waals surface area contributed by atoms with Gasteiger partial charge in [-0.3, -0.25) is 4.55 Å². The second-order valence-electron chi connectivity index (χ2n) is 2.01. The highest BCUT2D eigenvalue weighted by atomic mass is 33.1. The molecule has 6 heteroatoms. The highest BCUT2D eigenvalue weighted by molar-refractivity contribution is 8.68. The molecule has 0 atom stereocenters. The van der Waals surface area contributed by atoms with Gasteiger partial charge in [0.25, 0.3) is 10.1 Å². The molecule has 66 valence electrons. The molecule has 1 N–H and O–H groups in total. The van der Waals surface area contributed by atoms with Crippen molar-refractivity contribution in [2.45, 2.75) is 9.79 Å². The fourth-order valence-electron chi connectivity index (χ4n) is 0.739. The summed E-state index contributed by atoms with van der Waals surface area (Å²) in [6.07, 6.45) is 0. The van der Waals surface area contributed by atoms with Crippen LogP contribution in [-0.4, -0.2) is 13.0 Å². The zero-order valence-electron chi connectivity index (χ0n) is 5.84. The quantitative estimate of drug-likeness (QED) is 0.455. The maximum absolute atomic E-state index is 10.7. The lowest BCUT2D eigenvalue weighted by Gasteiger charge is -2.01. The van der Waals surface area contributed by atoms with Crippen LogP contribution >= 0.6 is 22.5 Å². The Hall–Kier alpha value is -0.170. The van der Waals surface area contributed by atoms with Crippen LogP contribution in [0.5, 0.6) is 0 Å². The summed E-state index contributed by atoms with van der Waals surface area (Å²) in [5, 5.41) is 0. The van der Waals surface area contributed by atoms with E-state index >= 15 is 0 Å². The lowest BCUT2D eigenvalue weighted by molar-refractivity contribution is 0.481. The van der Waals surface area contributed by atoms with Gasteiger partial charge in [0.05, 0.1) is 0 Å². The van der Waals surface area contributed by atoms with Gasteiger partial charge in [0.2, 0.25) is 0 Å². The SMILES string of the molecule is O=S(=O)(O)c1ccccc1SS. The molecule has 0 radical (unpaired) electrons. The zero-order valence-corrected chi connectivity index (χ0v) is 8.36. The summed E-state index contributed by atoms with van der Waals surface area (Å²) in [6.45, 7) is 0. The Bertz CT molecular complexity index is 371. The normalized spacial score (nSPS) is 11.5. The van der Waals surface area contributed by atoms with Gasteiger partial charge in [-0.25, -0.2) is 0 Å². The summed E-state index contributed by atoms with van der Waals surface area (Å²) in [7, 11) is -3.14. The van der Waals surface area contributed by atoms with Crippen LogP contribution < -0.4 is 0 Å². The minimum atomic E-state index is -4.12. The monoisotopic (exact) mass is 222 g/mol. The Morgan fingerprint density at radius 2 is 1.92 bits per heavy atom. The zero-order chi connectivity index (χ0) is 9.19. The second kappa shape index (κ2) is 3.69. The van der Waals surface area contributed by atoms with Gasteiger partial charge in [0, 0.05) is 4.90 Å². The topological polar surface area (TPSA) is 54.4 Å². The smallest absolute Gasteiger partial charge is 0.282 e. The van der Waals surface area contributed by atoms with Crippen molar-refractivity contribution in [3.63, 3.8) is 0 Å². The molecule has 0 saturated carbocycles. The number of benzene rings is 1. The molecule has 0 saturated heterocycles. The van der Waals surface area contributed by atoms with E-state index in [4.69, 9.17) is 4.55 Å². The van der Waals surface area contributed by atoms with Gasteiger partial charge >= 0.3 is 0 Å². The predicted molar refractivity (Wildman–Crippen MR) is 51.1 cm³/mol. The van der Waals surface area contributed by atoms with E-state index in [9.17, 15) is 8.42 Å². The molecule has 0 heterocycles. The first kappa shape index (κ1) is 9.91. The van der Waals surface area contributed by atoms with Crippen LogP contribution in [0.15, 0.2) is 34.1 Å². The molecule has 0 bridgehead atoms. The van der Waals surface area contributed by atoms with Gasteiger partial charge in [-0.2, -0.15) is 8.42 Å². The van der Waals surface area contributed by atoms with E-state index in [0.717, 1.165) is 10.8 Å². The first-order chi connectivity index (χ1) is 5.55. The van der Waals surface area contributed by atoms with Crippen molar-refractivity contribution in [3.8, 4) is 0 Å². The maximum atomic E-state index is 10.7. The first-order valence-corrected chi connectivity index (χ1v) is 6.24. The Balaban J connectivity index is 3.33. The van der Waals surface area contributed by atoms with Crippen LogP contribution in [0.1, 0.15) is 0 Å². The van der Waals surface area contributed by atoms with Crippen LogP contribution in [0.2, 0.25) is 0 Å². The van der Waals surface area contributed by atoms with Crippen molar-refractivity contribution in [1.82, 2.24) is 0 Å². The van der Waals surface area contributed by atoms with Crippen LogP contribution in [0.25, 0.3) is 0 Å². The van der Waals surface area contributed by atoms with Gasteiger partial charge in [-0.1, -0.05) is 22.9 Å². The van der Waals surface area contributed by atoms with Gasteiger partial charge in [0.15, 0.2) is 0 Å². The standard InChI is InChI=1S/C6H6O3S3/c7-12(8,9)6-4-2-1-3-5(6)11-10/h1-4,10H,(H,7,8,9). The third-order valence-corrected chi connectivity index (χ3v) is 3.41. The number of hydrogen-bond acceptors (Lipinski definition) is 4. The number of rotatable bonds is 2. The lowest BCUT2D eigenvalue weighted by Crippen LogP contribution is -1.98. The highest BCUT2D eigenvalue weighted by Gasteiger charge is 2.13. The summed E-state index contributed by atoms with van der Waals surface area (Å²) in [5.74, 6) is 0. The van der Waals surface area contributed by atoms with Crippen LogP contribution in [0.4, 0.5) is 0 Å². The van der Waals surface area contributed by atoms with Gasteiger partial charge in [-0.05, 0) is 12.1 Å². The Morgan fingerprint density at radius 3 is 2.33 bits per heavy atom. The fraction of sp³-hybridized carbons (Fsp3) is 0. The lowest BCUT2D eigenvalue weighted by atomic mass is 10.4. The predicted octanol–water partition coefficient (Wildman–Crippen LogP) is 1.87. The molecule has 0 amide bonds. The Morgan fingerprint density at radius 1 is 1.33 bits per heavy atom. The van der Waals surface area contributed by atoms with Crippen molar-refractivity contribution in [2.24, 2.45) is 0 Å². The molecule has 3 nitrogen and oxygen atoms in total. The molecule has 1 aromatic carbocycles. The van der Waals surface area contributed by atoms with Gasteiger partial charge in [0.1, 0.15) is 4.90 Å². The fourth-order valence-corrected chi connectivity index (χ4v) is 2.71. The molecule has 0 fully saturated rings. The van der Waals surface area contributed by atoms with Crippen LogP contribution in [-0.2, 0) is 10.1 Å². The van der Waals surface area contributed by atoms with Crippen molar-refractivity contribution in [1.29, 1.82) is 0 Å². The minimum absolute atomic E-state index is 0.106. The number of hydrogen-bond donors (Lipinski definition) is 2. The summed E-state index contributed by atoms with van der Waals surface area (Å²) in [5.41, 5.74) is 0. The first-order valence-electron chi connectivity index (χ1n) is 2.93.